The lowest BCUT2D eigenvalue weighted by atomic mass is 10.0. The Morgan fingerprint density at radius 1 is 1.19 bits per heavy atom. The number of imidazole rings is 1. The van der Waals surface area contributed by atoms with Crippen LogP contribution in [-0.4, -0.2) is 22.8 Å². The first kappa shape index (κ1) is 16.7. The van der Waals surface area contributed by atoms with Crippen molar-refractivity contribution >= 4 is 0 Å². The maximum absolute atomic E-state index is 5.87. The highest BCUT2D eigenvalue weighted by Crippen LogP contribution is 2.31. The lowest BCUT2D eigenvalue weighted by molar-refractivity contribution is 0.252. The Morgan fingerprint density at radius 3 is 3.08 bits per heavy atom. The Labute approximate surface area is 153 Å². The SMILES string of the molecule is c1cc(CN[C@@H]2CCOc3ccccc32)cc(OCCn2ccnc2)c1. The third kappa shape index (κ3) is 4.06. The first-order valence-corrected chi connectivity index (χ1v) is 9.01. The first-order chi connectivity index (χ1) is 12.9. The molecule has 1 aliphatic heterocycles. The maximum Gasteiger partial charge on any atom is 0.124 e. The summed E-state index contributed by atoms with van der Waals surface area (Å²) in [5.41, 5.74) is 2.46. The normalized spacial score (nSPS) is 15.9. The van der Waals surface area contributed by atoms with E-state index >= 15 is 0 Å². The van der Waals surface area contributed by atoms with E-state index in [1.54, 1.807) is 12.5 Å². The van der Waals surface area contributed by atoms with Gasteiger partial charge in [0.15, 0.2) is 0 Å². The van der Waals surface area contributed by atoms with Crippen LogP contribution in [0.2, 0.25) is 0 Å². The Balaban J connectivity index is 1.33. The zero-order valence-electron chi connectivity index (χ0n) is 14.7. The van der Waals surface area contributed by atoms with Crippen molar-refractivity contribution in [1.29, 1.82) is 0 Å². The summed E-state index contributed by atoms with van der Waals surface area (Å²) in [7, 11) is 0. The van der Waals surface area contributed by atoms with Crippen LogP contribution < -0.4 is 14.8 Å². The molecule has 134 valence electrons. The lowest BCUT2D eigenvalue weighted by Crippen LogP contribution is -2.26. The molecular weight excluding hydrogens is 326 g/mol. The van der Waals surface area contributed by atoms with Crippen LogP contribution in [0.15, 0.2) is 67.3 Å². The molecule has 1 aromatic heterocycles. The maximum atomic E-state index is 5.87. The molecule has 1 N–H and O–H groups in total. The van der Waals surface area contributed by atoms with E-state index in [2.05, 4.69) is 34.6 Å². The minimum absolute atomic E-state index is 0.325. The fourth-order valence-electron chi connectivity index (χ4n) is 3.23. The smallest absolute Gasteiger partial charge is 0.124 e. The molecule has 2 aromatic carbocycles. The number of hydrogen-bond donors (Lipinski definition) is 1. The van der Waals surface area contributed by atoms with E-state index < -0.39 is 0 Å². The van der Waals surface area contributed by atoms with Crippen LogP contribution in [0.3, 0.4) is 0 Å². The van der Waals surface area contributed by atoms with Gasteiger partial charge in [-0.3, -0.25) is 0 Å². The second-order valence-electron chi connectivity index (χ2n) is 6.40. The largest absolute Gasteiger partial charge is 0.493 e. The van der Waals surface area contributed by atoms with Crippen LogP contribution in [0.5, 0.6) is 11.5 Å². The van der Waals surface area contributed by atoms with E-state index in [4.69, 9.17) is 9.47 Å². The van der Waals surface area contributed by atoms with Gasteiger partial charge in [-0.25, -0.2) is 4.98 Å². The molecule has 0 spiro atoms. The molecule has 0 radical (unpaired) electrons. The molecule has 0 fully saturated rings. The molecule has 0 saturated carbocycles. The highest BCUT2D eigenvalue weighted by atomic mass is 16.5. The van der Waals surface area contributed by atoms with Gasteiger partial charge in [-0.2, -0.15) is 0 Å². The number of rotatable bonds is 7. The van der Waals surface area contributed by atoms with Gasteiger partial charge >= 0.3 is 0 Å². The van der Waals surface area contributed by atoms with Crippen molar-refractivity contribution in [1.82, 2.24) is 14.9 Å². The van der Waals surface area contributed by atoms with Crippen LogP contribution in [0.4, 0.5) is 0 Å². The molecule has 2 heterocycles. The topological polar surface area (TPSA) is 48.3 Å². The molecule has 0 bridgehead atoms. The van der Waals surface area contributed by atoms with Gasteiger partial charge in [0.05, 0.1) is 19.5 Å². The monoisotopic (exact) mass is 349 g/mol. The second-order valence-corrected chi connectivity index (χ2v) is 6.40. The summed E-state index contributed by atoms with van der Waals surface area (Å²) in [6, 6.07) is 16.9. The van der Waals surface area contributed by atoms with Crippen molar-refractivity contribution in [2.45, 2.75) is 25.6 Å². The number of nitrogens with one attached hydrogen (secondary N) is 1. The molecule has 3 aromatic rings. The van der Waals surface area contributed by atoms with Gasteiger partial charge in [0, 0.05) is 37.0 Å². The summed E-state index contributed by atoms with van der Waals surface area (Å²) < 4.78 is 13.6. The first-order valence-electron chi connectivity index (χ1n) is 9.01. The summed E-state index contributed by atoms with van der Waals surface area (Å²) >= 11 is 0. The van der Waals surface area contributed by atoms with Crippen LogP contribution in [0.1, 0.15) is 23.6 Å². The van der Waals surface area contributed by atoms with Crippen LogP contribution in [0.25, 0.3) is 0 Å². The van der Waals surface area contributed by atoms with Gasteiger partial charge in [-0.15, -0.1) is 0 Å². The highest BCUT2D eigenvalue weighted by Gasteiger charge is 2.20. The van der Waals surface area contributed by atoms with E-state index in [9.17, 15) is 0 Å². The predicted molar refractivity (Wildman–Crippen MR) is 100 cm³/mol. The Morgan fingerprint density at radius 2 is 2.15 bits per heavy atom. The fraction of sp³-hybridized carbons (Fsp3) is 0.286. The minimum atomic E-state index is 0.325. The molecular formula is C21H23N3O2. The van der Waals surface area contributed by atoms with E-state index in [-0.39, 0.29) is 0 Å². The minimum Gasteiger partial charge on any atom is -0.493 e. The molecule has 0 unspecified atom stereocenters. The third-order valence-corrected chi connectivity index (χ3v) is 4.59. The molecule has 4 rings (SSSR count). The van der Waals surface area contributed by atoms with Gasteiger partial charge in [0.2, 0.25) is 0 Å². The standard InChI is InChI=1S/C21H23N3O2/c1-2-7-21-19(6-1)20(8-12-26-21)23-15-17-4-3-5-18(14-17)25-13-11-24-10-9-22-16-24/h1-7,9-10,14,16,20,23H,8,11-13,15H2/t20-/m1/s1. The second kappa shape index (κ2) is 8.06. The summed E-state index contributed by atoms with van der Waals surface area (Å²) in [5.74, 6) is 1.89. The van der Waals surface area contributed by atoms with Crippen molar-refractivity contribution in [3.05, 3.63) is 78.4 Å². The van der Waals surface area contributed by atoms with Crippen molar-refractivity contribution in [3.8, 4) is 11.5 Å². The van der Waals surface area contributed by atoms with Gasteiger partial charge in [-0.1, -0.05) is 30.3 Å². The number of ether oxygens (including phenoxy) is 2. The number of hydrogen-bond acceptors (Lipinski definition) is 4. The number of fused-ring (bicyclic) bond motifs is 1. The summed E-state index contributed by atoms with van der Waals surface area (Å²) in [6.07, 6.45) is 6.50. The molecule has 5 heteroatoms. The summed E-state index contributed by atoms with van der Waals surface area (Å²) in [4.78, 5) is 4.04. The highest BCUT2D eigenvalue weighted by molar-refractivity contribution is 5.37. The molecule has 0 amide bonds. The average molecular weight is 349 g/mol. The molecule has 1 atom stereocenters. The number of aromatic nitrogens is 2. The van der Waals surface area contributed by atoms with Crippen LogP contribution in [-0.2, 0) is 13.1 Å². The Bertz CT molecular complexity index is 833. The van der Waals surface area contributed by atoms with Gasteiger partial charge in [0.25, 0.3) is 0 Å². The quantitative estimate of drug-likeness (QED) is 0.708. The van der Waals surface area contributed by atoms with Crippen LogP contribution >= 0.6 is 0 Å². The Kier molecular flexibility index (Phi) is 5.17. The van der Waals surface area contributed by atoms with E-state index in [0.29, 0.717) is 12.6 Å². The zero-order valence-corrected chi connectivity index (χ0v) is 14.7. The zero-order chi connectivity index (χ0) is 17.6. The fourth-order valence-corrected chi connectivity index (χ4v) is 3.23. The third-order valence-electron chi connectivity index (χ3n) is 4.59. The van der Waals surface area contributed by atoms with Crippen molar-refractivity contribution < 1.29 is 9.47 Å². The van der Waals surface area contributed by atoms with Gasteiger partial charge in [-0.05, 0) is 23.8 Å². The van der Waals surface area contributed by atoms with Crippen LogP contribution in [0, 0.1) is 0 Å². The van der Waals surface area contributed by atoms with E-state index in [1.807, 2.05) is 35.0 Å². The number of nitrogens with zero attached hydrogens (tertiary/aromatic N) is 2. The summed E-state index contributed by atoms with van der Waals surface area (Å²) in [6.45, 7) is 2.98. The van der Waals surface area contributed by atoms with Crippen molar-refractivity contribution in [2.75, 3.05) is 13.2 Å². The average Bonchev–Trinajstić information content (AvgIpc) is 3.20. The van der Waals surface area contributed by atoms with E-state index in [1.165, 1.54) is 11.1 Å². The predicted octanol–water partition coefficient (Wildman–Crippen LogP) is 3.58. The van der Waals surface area contributed by atoms with E-state index in [0.717, 1.165) is 37.6 Å². The van der Waals surface area contributed by atoms with Gasteiger partial charge in [0.1, 0.15) is 18.1 Å². The molecule has 0 aliphatic carbocycles. The summed E-state index contributed by atoms with van der Waals surface area (Å²) in [5, 5.41) is 3.65. The lowest BCUT2D eigenvalue weighted by Gasteiger charge is -2.26. The number of para-hydroxylation sites is 1. The molecule has 5 nitrogen and oxygen atoms in total. The molecule has 1 aliphatic rings. The number of benzene rings is 2. The molecule has 26 heavy (non-hydrogen) atoms. The van der Waals surface area contributed by atoms with Gasteiger partial charge < -0.3 is 19.4 Å². The molecule has 0 saturated heterocycles. The van der Waals surface area contributed by atoms with Crippen molar-refractivity contribution in [2.24, 2.45) is 0 Å². The Hall–Kier alpha value is -2.79. The van der Waals surface area contributed by atoms with Crippen molar-refractivity contribution in [3.63, 3.8) is 0 Å².